The summed E-state index contributed by atoms with van der Waals surface area (Å²) in [5.74, 6) is -8.75. The van der Waals surface area contributed by atoms with Crippen molar-refractivity contribution in [2.75, 3.05) is 0 Å². The maximum absolute atomic E-state index is 14.7. The molecule has 1 aromatic carbocycles. The molecule has 0 spiro atoms. The van der Waals surface area contributed by atoms with Gasteiger partial charge in [-0.2, -0.15) is 8.78 Å². The van der Waals surface area contributed by atoms with E-state index in [1.807, 2.05) is 0 Å². The van der Waals surface area contributed by atoms with Crippen LogP contribution in [0.1, 0.15) is 75.0 Å². The zero-order chi connectivity index (χ0) is 28.4. The van der Waals surface area contributed by atoms with Crippen molar-refractivity contribution in [1.82, 2.24) is 10.3 Å². The maximum atomic E-state index is 14.7. The molecule has 3 rings (SSSR count). The number of carboxylic acid groups (broad SMARTS) is 1. The third-order valence-electron chi connectivity index (χ3n) is 5.94. The van der Waals surface area contributed by atoms with Gasteiger partial charge in [-0.05, 0) is 24.1 Å². The molecule has 0 aliphatic heterocycles. The number of nitrogens with zero attached hydrogens (tertiary/aromatic N) is 2. The summed E-state index contributed by atoms with van der Waals surface area (Å²) < 4.78 is 81.7. The SMILES string of the molecule is CC(C)(C)C(F)(F)c1cc(-c2onc([C@H](CCC(=O)O)CC(=O)Cc3ccc(Cl)cc3F)c2C(F)F)no1. The van der Waals surface area contributed by atoms with E-state index >= 15 is 0 Å². The van der Waals surface area contributed by atoms with Crippen molar-refractivity contribution in [3.63, 3.8) is 0 Å². The van der Waals surface area contributed by atoms with Crippen LogP contribution < -0.4 is 0 Å². The lowest BCUT2D eigenvalue weighted by Crippen LogP contribution is -2.30. The normalized spacial score (nSPS) is 13.2. The van der Waals surface area contributed by atoms with Gasteiger partial charge in [0.15, 0.2) is 11.5 Å². The molecule has 7 nitrogen and oxygen atoms in total. The Hall–Kier alpha value is -3.28. The van der Waals surface area contributed by atoms with Gasteiger partial charge in [0.2, 0.25) is 5.76 Å². The molecule has 0 unspecified atom stereocenters. The number of hydrogen-bond acceptors (Lipinski definition) is 6. The van der Waals surface area contributed by atoms with Gasteiger partial charge >= 0.3 is 11.9 Å². The van der Waals surface area contributed by atoms with Crippen molar-refractivity contribution < 1.29 is 45.7 Å². The van der Waals surface area contributed by atoms with Crippen LogP contribution in [0.25, 0.3) is 11.5 Å². The van der Waals surface area contributed by atoms with Gasteiger partial charge in [0, 0.05) is 41.7 Å². The summed E-state index contributed by atoms with van der Waals surface area (Å²) in [6, 6.07) is 4.46. The second-order valence-electron chi connectivity index (χ2n) is 9.80. The lowest BCUT2D eigenvalue weighted by molar-refractivity contribution is -0.137. The molecule has 206 valence electrons. The Morgan fingerprint density at radius 1 is 1.11 bits per heavy atom. The lowest BCUT2D eigenvalue weighted by Gasteiger charge is -2.27. The van der Waals surface area contributed by atoms with Gasteiger partial charge in [-0.1, -0.05) is 48.8 Å². The second-order valence-corrected chi connectivity index (χ2v) is 10.2. The number of aliphatic carboxylic acids is 1. The summed E-state index contributed by atoms with van der Waals surface area (Å²) in [7, 11) is 0. The molecule has 1 atom stereocenters. The van der Waals surface area contributed by atoms with Gasteiger partial charge in [0.25, 0.3) is 6.43 Å². The third-order valence-corrected chi connectivity index (χ3v) is 6.17. The molecule has 0 aliphatic rings. The first-order valence-corrected chi connectivity index (χ1v) is 11.8. The van der Waals surface area contributed by atoms with Gasteiger partial charge in [0.05, 0.1) is 11.3 Å². The average Bonchev–Trinajstić information content (AvgIpc) is 3.45. The highest BCUT2D eigenvalue weighted by Gasteiger charge is 2.48. The molecule has 3 aromatic rings. The topological polar surface area (TPSA) is 106 Å². The van der Waals surface area contributed by atoms with Gasteiger partial charge in [-0.15, -0.1) is 0 Å². The summed E-state index contributed by atoms with van der Waals surface area (Å²) in [4.78, 5) is 23.9. The van der Waals surface area contributed by atoms with Gasteiger partial charge in [0.1, 0.15) is 11.6 Å². The minimum atomic E-state index is -3.50. The number of aromatic nitrogens is 2. The highest BCUT2D eigenvalue weighted by atomic mass is 35.5. The Balaban J connectivity index is 1.96. The summed E-state index contributed by atoms with van der Waals surface area (Å²) in [5, 5.41) is 16.3. The van der Waals surface area contributed by atoms with E-state index in [1.54, 1.807) is 0 Å². The smallest absolute Gasteiger partial charge is 0.312 e. The van der Waals surface area contributed by atoms with E-state index in [2.05, 4.69) is 10.3 Å². The van der Waals surface area contributed by atoms with Crippen LogP contribution in [0.5, 0.6) is 0 Å². The minimum absolute atomic E-state index is 0.0150. The Morgan fingerprint density at radius 2 is 1.79 bits per heavy atom. The van der Waals surface area contributed by atoms with Crippen molar-refractivity contribution >= 4 is 23.4 Å². The van der Waals surface area contributed by atoms with E-state index in [0.717, 1.165) is 12.1 Å². The van der Waals surface area contributed by atoms with Crippen molar-refractivity contribution in [2.45, 2.75) is 64.7 Å². The standard InChI is InChI=1S/C25H24ClF5N2O5/c1-24(2,3)25(30,31)18-11-17(32-37-18)22-20(23(28)29)21(33-38-22)13(5-7-19(35)36)9-15(34)8-12-4-6-14(26)10-16(12)27/h4,6,10-11,13,23H,5,7-9H2,1-3H3,(H,35,36)/t13-/m1/s1. The van der Waals surface area contributed by atoms with Crippen molar-refractivity contribution in [2.24, 2.45) is 5.41 Å². The molecule has 0 amide bonds. The Labute approximate surface area is 218 Å². The van der Waals surface area contributed by atoms with E-state index in [-0.39, 0.29) is 17.0 Å². The fourth-order valence-electron chi connectivity index (χ4n) is 3.76. The van der Waals surface area contributed by atoms with E-state index < -0.39 is 89.0 Å². The first-order valence-electron chi connectivity index (χ1n) is 11.4. The number of rotatable bonds is 11. The number of ketones is 1. The number of alkyl halides is 4. The van der Waals surface area contributed by atoms with Crippen LogP contribution >= 0.6 is 11.6 Å². The maximum Gasteiger partial charge on any atom is 0.312 e. The van der Waals surface area contributed by atoms with Crippen molar-refractivity contribution in [1.29, 1.82) is 0 Å². The number of halogens is 6. The molecule has 2 aromatic heterocycles. The quantitative estimate of drug-likeness (QED) is 0.243. The molecule has 38 heavy (non-hydrogen) atoms. The molecular formula is C25H24ClF5N2O5. The summed E-state index contributed by atoms with van der Waals surface area (Å²) in [6.07, 6.45) is -4.89. The zero-order valence-electron chi connectivity index (χ0n) is 20.5. The molecule has 2 heterocycles. The minimum Gasteiger partial charge on any atom is -0.481 e. The number of carbonyl (C=O) groups excluding carboxylic acids is 1. The molecule has 0 saturated carbocycles. The number of carbonyl (C=O) groups is 2. The highest BCUT2D eigenvalue weighted by Crippen LogP contribution is 2.46. The molecule has 0 radical (unpaired) electrons. The number of hydrogen-bond donors (Lipinski definition) is 1. The van der Waals surface area contributed by atoms with Crippen LogP contribution in [-0.2, 0) is 21.9 Å². The summed E-state index contributed by atoms with van der Waals surface area (Å²) in [5.41, 5.74) is -3.28. The number of Topliss-reactive ketones (excluding diaryl/α,β-unsaturated/α-hetero) is 1. The largest absolute Gasteiger partial charge is 0.481 e. The van der Waals surface area contributed by atoms with E-state index in [4.69, 9.17) is 25.8 Å². The zero-order valence-corrected chi connectivity index (χ0v) is 21.3. The van der Waals surface area contributed by atoms with Crippen molar-refractivity contribution in [3.05, 3.63) is 57.7 Å². The van der Waals surface area contributed by atoms with Gasteiger partial charge in [-0.25, -0.2) is 13.2 Å². The molecule has 0 aliphatic carbocycles. The average molecular weight is 563 g/mol. The number of carboxylic acids is 1. The second kappa shape index (κ2) is 11.2. The summed E-state index contributed by atoms with van der Waals surface area (Å²) >= 11 is 5.71. The fraction of sp³-hybridized carbons (Fsp3) is 0.440. The Kier molecular flexibility index (Phi) is 8.65. The predicted octanol–water partition coefficient (Wildman–Crippen LogP) is 7.35. The first-order chi connectivity index (χ1) is 17.6. The molecule has 0 fully saturated rings. The van der Waals surface area contributed by atoms with Crippen LogP contribution in [0.3, 0.4) is 0 Å². The molecule has 1 N–H and O–H groups in total. The van der Waals surface area contributed by atoms with Crippen LogP contribution in [-0.4, -0.2) is 27.2 Å². The third kappa shape index (κ3) is 6.40. The predicted molar refractivity (Wildman–Crippen MR) is 125 cm³/mol. The summed E-state index contributed by atoms with van der Waals surface area (Å²) in [6.45, 7) is 3.77. The van der Waals surface area contributed by atoms with Crippen molar-refractivity contribution in [3.8, 4) is 11.5 Å². The monoisotopic (exact) mass is 562 g/mol. The Morgan fingerprint density at radius 3 is 2.37 bits per heavy atom. The fourth-order valence-corrected chi connectivity index (χ4v) is 3.92. The van der Waals surface area contributed by atoms with E-state index in [0.29, 0.717) is 0 Å². The van der Waals surface area contributed by atoms with Crippen LogP contribution in [0.2, 0.25) is 5.02 Å². The molecule has 0 saturated heterocycles. The highest BCUT2D eigenvalue weighted by molar-refractivity contribution is 6.30. The van der Waals surface area contributed by atoms with Crippen LogP contribution in [0.4, 0.5) is 22.0 Å². The van der Waals surface area contributed by atoms with E-state index in [9.17, 15) is 31.5 Å². The number of benzene rings is 1. The van der Waals surface area contributed by atoms with Crippen LogP contribution in [0.15, 0.2) is 33.3 Å². The molecule has 0 bridgehead atoms. The van der Waals surface area contributed by atoms with Crippen LogP contribution in [0, 0.1) is 11.2 Å². The van der Waals surface area contributed by atoms with E-state index in [1.165, 1.54) is 32.9 Å². The van der Waals surface area contributed by atoms with Gasteiger partial charge < -0.3 is 14.2 Å². The lowest BCUT2D eigenvalue weighted by atomic mass is 9.86. The molecular weight excluding hydrogens is 539 g/mol. The molecule has 13 heteroatoms. The Bertz CT molecular complexity index is 1320. The first kappa shape index (κ1) is 29.3. The van der Waals surface area contributed by atoms with Gasteiger partial charge in [-0.3, -0.25) is 9.59 Å².